The third-order valence-corrected chi connectivity index (χ3v) is 5.75. The molecule has 0 bridgehead atoms. The second-order valence-electron chi connectivity index (χ2n) is 7.47. The van der Waals surface area contributed by atoms with Crippen LogP contribution in [0.3, 0.4) is 0 Å². The summed E-state index contributed by atoms with van der Waals surface area (Å²) in [5, 5.41) is 18.1. The molecule has 30 heavy (non-hydrogen) atoms. The Morgan fingerprint density at radius 1 is 1.00 bits per heavy atom. The van der Waals surface area contributed by atoms with Crippen molar-refractivity contribution in [3.63, 3.8) is 0 Å². The molecule has 4 aromatic rings. The standard InChI is InChI=1S/C24H20ClN3O2/c25-15-6-9-20-19(10-15)22(21(27-20)13-26-12-14-4-2-1-3-5-14)23-18-11-16(29)7-8-17(18)24(30)28-23/h1-11,23,26-27,29H,12-13H2,(H,28,30). The molecule has 5 rings (SSSR count). The second kappa shape index (κ2) is 7.52. The molecule has 1 aliphatic rings. The average Bonchev–Trinajstić information content (AvgIpc) is 3.25. The number of nitrogens with one attached hydrogen (secondary N) is 3. The summed E-state index contributed by atoms with van der Waals surface area (Å²) >= 11 is 6.29. The first-order valence-corrected chi connectivity index (χ1v) is 10.2. The third-order valence-electron chi connectivity index (χ3n) is 5.51. The molecule has 1 atom stereocenters. The van der Waals surface area contributed by atoms with Crippen LogP contribution in [-0.2, 0) is 13.1 Å². The van der Waals surface area contributed by atoms with Gasteiger partial charge in [-0.3, -0.25) is 4.79 Å². The van der Waals surface area contributed by atoms with Gasteiger partial charge in [0.1, 0.15) is 5.75 Å². The Morgan fingerprint density at radius 3 is 2.67 bits per heavy atom. The number of halogens is 1. The highest BCUT2D eigenvalue weighted by atomic mass is 35.5. The number of hydrogen-bond acceptors (Lipinski definition) is 3. The van der Waals surface area contributed by atoms with E-state index in [0.717, 1.165) is 34.3 Å². The molecule has 6 heteroatoms. The number of aromatic hydroxyl groups is 1. The number of carbonyl (C=O) groups is 1. The van der Waals surface area contributed by atoms with E-state index in [9.17, 15) is 9.90 Å². The van der Waals surface area contributed by atoms with Gasteiger partial charge in [-0.25, -0.2) is 0 Å². The summed E-state index contributed by atoms with van der Waals surface area (Å²) in [6.07, 6.45) is 0. The number of phenols is 1. The maximum Gasteiger partial charge on any atom is 0.252 e. The van der Waals surface area contributed by atoms with Crippen LogP contribution in [0, 0.1) is 0 Å². The first-order chi connectivity index (χ1) is 14.6. The van der Waals surface area contributed by atoms with Gasteiger partial charge in [0.15, 0.2) is 0 Å². The van der Waals surface area contributed by atoms with E-state index in [0.29, 0.717) is 17.1 Å². The molecular weight excluding hydrogens is 398 g/mol. The largest absolute Gasteiger partial charge is 0.508 e. The van der Waals surface area contributed by atoms with Gasteiger partial charge in [0.2, 0.25) is 0 Å². The second-order valence-corrected chi connectivity index (χ2v) is 7.91. The van der Waals surface area contributed by atoms with Gasteiger partial charge in [-0.15, -0.1) is 0 Å². The SMILES string of the molecule is O=C1NC(c2c(CNCc3ccccc3)[nH]c3ccc(Cl)cc23)c2cc(O)ccc21. The Labute approximate surface area is 178 Å². The van der Waals surface area contributed by atoms with Crippen molar-refractivity contribution in [1.29, 1.82) is 0 Å². The van der Waals surface area contributed by atoms with Crippen LogP contribution in [0.15, 0.2) is 66.7 Å². The van der Waals surface area contributed by atoms with Crippen LogP contribution >= 0.6 is 11.6 Å². The zero-order valence-corrected chi connectivity index (χ0v) is 16.8. The van der Waals surface area contributed by atoms with Crippen LogP contribution < -0.4 is 10.6 Å². The molecule has 5 nitrogen and oxygen atoms in total. The van der Waals surface area contributed by atoms with Crippen LogP contribution in [0.5, 0.6) is 5.75 Å². The fourth-order valence-corrected chi connectivity index (χ4v) is 4.32. The van der Waals surface area contributed by atoms with Gasteiger partial charge in [0, 0.05) is 45.8 Å². The molecule has 2 heterocycles. The molecule has 1 aromatic heterocycles. The number of benzene rings is 3. The van der Waals surface area contributed by atoms with Gasteiger partial charge in [0.05, 0.1) is 6.04 Å². The lowest BCUT2D eigenvalue weighted by Crippen LogP contribution is -2.22. The summed E-state index contributed by atoms with van der Waals surface area (Å²) in [5.74, 6) is -0.00792. The fraction of sp³-hybridized carbons (Fsp3) is 0.125. The molecule has 0 spiro atoms. The van der Waals surface area contributed by atoms with Crippen LogP contribution in [0.2, 0.25) is 5.02 Å². The van der Waals surface area contributed by atoms with E-state index in [1.54, 1.807) is 12.1 Å². The van der Waals surface area contributed by atoms with Crippen molar-refractivity contribution < 1.29 is 9.90 Å². The number of H-pyrrole nitrogens is 1. The summed E-state index contributed by atoms with van der Waals surface area (Å²) < 4.78 is 0. The van der Waals surface area contributed by atoms with Crippen LogP contribution in [0.1, 0.15) is 38.8 Å². The first kappa shape index (κ1) is 18.7. The molecule has 0 aliphatic carbocycles. The summed E-state index contributed by atoms with van der Waals surface area (Å²) in [7, 11) is 0. The lowest BCUT2D eigenvalue weighted by atomic mass is 9.95. The number of aromatic nitrogens is 1. The van der Waals surface area contributed by atoms with Crippen molar-refractivity contribution in [3.8, 4) is 5.75 Å². The van der Waals surface area contributed by atoms with Gasteiger partial charge in [-0.05, 0) is 47.5 Å². The van der Waals surface area contributed by atoms with Gasteiger partial charge >= 0.3 is 0 Å². The lowest BCUT2D eigenvalue weighted by molar-refractivity contribution is 0.0960. The molecule has 0 saturated carbocycles. The topological polar surface area (TPSA) is 77.2 Å². The fourth-order valence-electron chi connectivity index (χ4n) is 4.15. The Kier molecular flexibility index (Phi) is 4.69. The molecule has 1 unspecified atom stereocenters. The Balaban J connectivity index is 1.55. The van der Waals surface area contributed by atoms with Crippen LogP contribution in [0.4, 0.5) is 0 Å². The summed E-state index contributed by atoms with van der Waals surface area (Å²) in [5.41, 5.74) is 5.44. The Hall–Kier alpha value is -3.28. The van der Waals surface area contributed by atoms with Crippen molar-refractivity contribution in [2.75, 3.05) is 0 Å². The van der Waals surface area contributed by atoms with E-state index in [-0.39, 0.29) is 17.7 Å². The zero-order valence-electron chi connectivity index (χ0n) is 16.1. The maximum atomic E-state index is 12.6. The lowest BCUT2D eigenvalue weighted by Gasteiger charge is -2.15. The van der Waals surface area contributed by atoms with E-state index in [2.05, 4.69) is 27.8 Å². The van der Waals surface area contributed by atoms with Gasteiger partial charge in [-0.2, -0.15) is 0 Å². The zero-order chi connectivity index (χ0) is 20.7. The normalized spacial score (nSPS) is 15.4. The summed E-state index contributed by atoms with van der Waals surface area (Å²) in [6.45, 7) is 1.32. The van der Waals surface area contributed by atoms with Gasteiger partial charge in [0.25, 0.3) is 5.91 Å². The van der Waals surface area contributed by atoms with Crippen molar-refractivity contribution in [2.24, 2.45) is 0 Å². The molecular formula is C24H20ClN3O2. The predicted molar refractivity (Wildman–Crippen MR) is 118 cm³/mol. The van der Waals surface area contributed by atoms with Crippen LogP contribution in [0.25, 0.3) is 10.9 Å². The highest BCUT2D eigenvalue weighted by Gasteiger charge is 2.33. The number of aromatic amines is 1. The third kappa shape index (κ3) is 3.32. The van der Waals surface area contributed by atoms with Crippen molar-refractivity contribution in [3.05, 3.63) is 99.7 Å². The van der Waals surface area contributed by atoms with E-state index in [1.807, 2.05) is 36.4 Å². The Bertz CT molecular complexity index is 1250. The molecule has 1 amide bonds. The number of rotatable bonds is 5. The predicted octanol–water partition coefficient (Wildman–Crippen LogP) is 4.65. The number of carbonyl (C=O) groups excluding carboxylic acids is 1. The molecule has 0 radical (unpaired) electrons. The minimum atomic E-state index is -0.361. The smallest absolute Gasteiger partial charge is 0.252 e. The number of amides is 1. The molecule has 0 saturated heterocycles. The highest BCUT2D eigenvalue weighted by molar-refractivity contribution is 6.31. The van der Waals surface area contributed by atoms with Gasteiger partial charge in [-0.1, -0.05) is 41.9 Å². The highest BCUT2D eigenvalue weighted by Crippen LogP contribution is 2.39. The quantitative estimate of drug-likeness (QED) is 0.381. The molecule has 0 fully saturated rings. The number of fused-ring (bicyclic) bond motifs is 2. The van der Waals surface area contributed by atoms with E-state index in [4.69, 9.17) is 11.6 Å². The minimum absolute atomic E-state index is 0.136. The van der Waals surface area contributed by atoms with Gasteiger partial charge < -0.3 is 20.7 Å². The minimum Gasteiger partial charge on any atom is -0.508 e. The van der Waals surface area contributed by atoms with Crippen molar-refractivity contribution >= 4 is 28.4 Å². The van der Waals surface area contributed by atoms with Crippen LogP contribution in [-0.4, -0.2) is 16.0 Å². The first-order valence-electron chi connectivity index (χ1n) is 9.78. The molecule has 3 aromatic carbocycles. The summed E-state index contributed by atoms with van der Waals surface area (Å²) in [6, 6.07) is 20.4. The average molecular weight is 418 g/mol. The van der Waals surface area contributed by atoms with Crippen molar-refractivity contribution in [1.82, 2.24) is 15.6 Å². The maximum absolute atomic E-state index is 12.6. The van der Waals surface area contributed by atoms with E-state index < -0.39 is 0 Å². The van der Waals surface area contributed by atoms with E-state index in [1.165, 1.54) is 11.6 Å². The molecule has 150 valence electrons. The molecule has 1 aliphatic heterocycles. The molecule has 4 N–H and O–H groups in total. The Morgan fingerprint density at radius 2 is 1.83 bits per heavy atom. The number of phenolic OH excluding ortho intramolecular Hbond substituents is 1. The number of hydrogen-bond donors (Lipinski definition) is 4. The monoisotopic (exact) mass is 417 g/mol. The summed E-state index contributed by atoms with van der Waals surface area (Å²) in [4.78, 5) is 16.0. The van der Waals surface area contributed by atoms with Crippen molar-refractivity contribution in [2.45, 2.75) is 19.1 Å². The van der Waals surface area contributed by atoms with E-state index >= 15 is 0 Å².